The van der Waals surface area contributed by atoms with Gasteiger partial charge in [0.25, 0.3) is 0 Å². The Bertz CT molecular complexity index is 1210. The van der Waals surface area contributed by atoms with E-state index in [1.165, 1.54) is 6.33 Å². The third kappa shape index (κ3) is 5.42. The van der Waals surface area contributed by atoms with Crippen molar-refractivity contribution >= 4 is 35.4 Å². The summed E-state index contributed by atoms with van der Waals surface area (Å²) in [5, 5.41) is 2.89. The molecule has 4 bridgehead atoms. The second-order valence-electron chi connectivity index (χ2n) is 10.0. The van der Waals surface area contributed by atoms with Gasteiger partial charge in [-0.1, -0.05) is 0 Å². The zero-order chi connectivity index (χ0) is 26.6. The van der Waals surface area contributed by atoms with Crippen molar-refractivity contribution in [1.82, 2.24) is 19.8 Å². The number of piperidine rings is 1. The number of aromatic nitrogens is 2. The summed E-state index contributed by atoms with van der Waals surface area (Å²) in [6.45, 7) is 3.51. The number of ether oxygens (including phenoxy) is 2. The molecule has 0 radical (unpaired) electrons. The zero-order valence-electron chi connectivity index (χ0n) is 22.2. The Balaban J connectivity index is 1.45. The number of fused-ring (bicyclic) bond motifs is 10. The van der Waals surface area contributed by atoms with E-state index >= 15 is 0 Å². The number of benzene rings is 1. The monoisotopic (exact) mass is 521 g/mol. The molecule has 11 heteroatoms. The maximum atomic E-state index is 12.9. The van der Waals surface area contributed by atoms with Gasteiger partial charge in [-0.3, -0.25) is 14.6 Å². The van der Waals surface area contributed by atoms with Crippen LogP contribution in [0.5, 0.6) is 11.5 Å². The van der Waals surface area contributed by atoms with Crippen molar-refractivity contribution in [3.05, 3.63) is 30.1 Å². The molecule has 0 aliphatic carbocycles. The fraction of sp³-hybridized carbons (Fsp3) is 0.519. The lowest BCUT2D eigenvalue weighted by molar-refractivity contribution is -0.130. The highest BCUT2D eigenvalue weighted by Crippen LogP contribution is 2.38. The standard InChI is InChI=1S/C27H35N7O4/c1-32-12-13-33(2)23(35)5-4-14-38-22-15-18(6-7-21(22)37-3)28-16-20-24-25(31-27(20)36)29-17-30-26(24)34-10-8-19(32)9-11-34/h6-7,15-17,19-20H,4-5,8-14H2,1-3H3,(H,29,30,31,36). The van der Waals surface area contributed by atoms with Gasteiger partial charge in [-0.25, -0.2) is 9.97 Å². The van der Waals surface area contributed by atoms with Gasteiger partial charge in [0.1, 0.15) is 23.9 Å². The van der Waals surface area contributed by atoms with Gasteiger partial charge in [0.15, 0.2) is 11.5 Å². The molecule has 1 aromatic carbocycles. The Labute approximate surface area is 222 Å². The van der Waals surface area contributed by atoms with Crippen molar-refractivity contribution in [2.24, 2.45) is 4.99 Å². The molecule has 38 heavy (non-hydrogen) atoms. The first kappa shape index (κ1) is 25.9. The van der Waals surface area contributed by atoms with Gasteiger partial charge in [0.2, 0.25) is 11.8 Å². The highest BCUT2D eigenvalue weighted by molar-refractivity contribution is 6.13. The number of carbonyl (C=O) groups is 2. The molecule has 1 fully saturated rings. The number of methoxy groups -OCH3 is 1. The molecule has 0 spiro atoms. The summed E-state index contributed by atoms with van der Waals surface area (Å²) >= 11 is 0. The number of aliphatic imine (C=N–C) groups is 1. The first-order valence-corrected chi connectivity index (χ1v) is 13.1. The van der Waals surface area contributed by atoms with Crippen LogP contribution in [-0.2, 0) is 9.59 Å². The van der Waals surface area contributed by atoms with Crippen molar-refractivity contribution in [2.75, 3.05) is 64.2 Å². The van der Waals surface area contributed by atoms with E-state index in [1.807, 2.05) is 13.1 Å². The van der Waals surface area contributed by atoms with Gasteiger partial charge in [-0.05, 0) is 38.4 Å². The van der Waals surface area contributed by atoms with Crippen LogP contribution in [0.15, 0.2) is 29.5 Å². The fourth-order valence-corrected chi connectivity index (χ4v) is 5.24. The molecule has 6 rings (SSSR count). The minimum atomic E-state index is -0.594. The van der Waals surface area contributed by atoms with Crippen molar-refractivity contribution in [3.8, 4) is 11.5 Å². The molecule has 1 aromatic heterocycles. The van der Waals surface area contributed by atoms with E-state index in [-0.39, 0.29) is 11.8 Å². The molecule has 11 nitrogen and oxygen atoms in total. The Hall–Kier alpha value is -3.73. The van der Waals surface area contributed by atoms with Crippen LogP contribution >= 0.6 is 0 Å². The molecule has 2 aromatic rings. The molecule has 1 N–H and O–H groups in total. The Morgan fingerprint density at radius 1 is 1.08 bits per heavy atom. The predicted molar refractivity (Wildman–Crippen MR) is 145 cm³/mol. The lowest BCUT2D eigenvalue weighted by atomic mass is 10.00. The van der Waals surface area contributed by atoms with E-state index in [1.54, 1.807) is 30.4 Å². The van der Waals surface area contributed by atoms with E-state index in [9.17, 15) is 9.59 Å². The smallest absolute Gasteiger partial charge is 0.238 e. The van der Waals surface area contributed by atoms with E-state index < -0.39 is 5.92 Å². The molecular formula is C27H35N7O4. The summed E-state index contributed by atoms with van der Waals surface area (Å²) in [5.74, 6) is 1.79. The Morgan fingerprint density at radius 2 is 1.89 bits per heavy atom. The van der Waals surface area contributed by atoms with Crippen LogP contribution in [0.4, 0.5) is 17.3 Å². The number of nitrogens with one attached hydrogen (secondary N) is 1. The summed E-state index contributed by atoms with van der Waals surface area (Å²) in [6.07, 6.45) is 6.11. The average molecular weight is 522 g/mol. The molecule has 202 valence electrons. The highest BCUT2D eigenvalue weighted by Gasteiger charge is 2.36. The highest BCUT2D eigenvalue weighted by atomic mass is 16.5. The summed E-state index contributed by atoms with van der Waals surface area (Å²) < 4.78 is 11.4. The van der Waals surface area contributed by atoms with Gasteiger partial charge < -0.3 is 29.5 Å². The van der Waals surface area contributed by atoms with Crippen LogP contribution in [-0.4, -0.2) is 97.8 Å². The molecule has 0 saturated carbocycles. The minimum absolute atomic E-state index is 0.110. The Morgan fingerprint density at radius 3 is 2.68 bits per heavy atom. The molecule has 1 atom stereocenters. The molecular weight excluding hydrogens is 486 g/mol. The van der Waals surface area contributed by atoms with Crippen LogP contribution in [0, 0.1) is 0 Å². The lowest BCUT2D eigenvalue weighted by Crippen LogP contribution is -2.46. The molecule has 1 saturated heterocycles. The summed E-state index contributed by atoms with van der Waals surface area (Å²) in [4.78, 5) is 45.5. The van der Waals surface area contributed by atoms with E-state index in [4.69, 9.17) is 9.47 Å². The number of likely N-dealkylation sites (N-methyl/N-ethyl adjacent to an activating group) is 2. The van der Waals surface area contributed by atoms with Crippen LogP contribution in [0.3, 0.4) is 0 Å². The van der Waals surface area contributed by atoms with E-state index in [0.717, 1.165) is 43.9 Å². The topological polar surface area (TPSA) is 112 Å². The number of amides is 2. The van der Waals surface area contributed by atoms with Gasteiger partial charge >= 0.3 is 0 Å². The molecule has 5 heterocycles. The number of hydrogen-bond acceptors (Lipinski definition) is 9. The average Bonchev–Trinajstić information content (AvgIpc) is 3.27. The second-order valence-corrected chi connectivity index (χ2v) is 10.0. The van der Waals surface area contributed by atoms with Crippen LogP contribution in [0.25, 0.3) is 0 Å². The van der Waals surface area contributed by atoms with Gasteiger partial charge in [-0.15, -0.1) is 0 Å². The van der Waals surface area contributed by atoms with Gasteiger partial charge in [0, 0.05) is 58.0 Å². The number of nitrogens with zero attached hydrogens (tertiary/aromatic N) is 6. The van der Waals surface area contributed by atoms with Crippen LogP contribution < -0.4 is 19.7 Å². The summed E-state index contributed by atoms with van der Waals surface area (Å²) in [6, 6.07) is 5.80. The number of carbonyl (C=O) groups excluding carboxylic acids is 2. The minimum Gasteiger partial charge on any atom is -0.493 e. The summed E-state index contributed by atoms with van der Waals surface area (Å²) in [5.41, 5.74) is 1.40. The van der Waals surface area contributed by atoms with E-state index in [2.05, 4.69) is 37.1 Å². The van der Waals surface area contributed by atoms with Crippen molar-refractivity contribution in [1.29, 1.82) is 0 Å². The third-order valence-electron chi connectivity index (χ3n) is 7.61. The number of hydrogen-bond donors (Lipinski definition) is 1. The van der Waals surface area contributed by atoms with E-state index in [0.29, 0.717) is 55.0 Å². The van der Waals surface area contributed by atoms with Crippen LogP contribution in [0.2, 0.25) is 0 Å². The number of rotatable bonds is 1. The molecule has 4 aliphatic rings. The Kier molecular flexibility index (Phi) is 7.73. The maximum absolute atomic E-state index is 12.9. The quantitative estimate of drug-likeness (QED) is 0.609. The number of anilines is 2. The van der Waals surface area contributed by atoms with Crippen molar-refractivity contribution in [3.63, 3.8) is 0 Å². The second kappa shape index (κ2) is 11.3. The van der Waals surface area contributed by atoms with Gasteiger partial charge in [-0.2, -0.15) is 0 Å². The molecule has 1 unspecified atom stereocenters. The van der Waals surface area contributed by atoms with Crippen molar-refractivity contribution in [2.45, 2.75) is 37.6 Å². The zero-order valence-corrected chi connectivity index (χ0v) is 22.2. The van der Waals surface area contributed by atoms with Gasteiger partial charge in [0.05, 0.1) is 25.0 Å². The normalized spacial score (nSPS) is 22.9. The van der Waals surface area contributed by atoms with Crippen LogP contribution in [0.1, 0.15) is 37.2 Å². The fourth-order valence-electron chi connectivity index (χ4n) is 5.24. The predicted octanol–water partition coefficient (Wildman–Crippen LogP) is 2.46. The molecule has 4 aliphatic heterocycles. The molecule has 2 amide bonds. The maximum Gasteiger partial charge on any atom is 0.238 e. The first-order valence-electron chi connectivity index (χ1n) is 13.1. The first-order chi connectivity index (χ1) is 18.4. The van der Waals surface area contributed by atoms with Crippen molar-refractivity contribution < 1.29 is 19.1 Å². The lowest BCUT2D eigenvalue weighted by Gasteiger charge is -2.38. The largest absolute Gasteiger partial charge is 0.493 e. The third-order valence-corrected chi connectivity index (χ3v) is 7.61. The summed E-state index contributed by atoms with van der Waals surface area (Å²) in [7, 11) is 5.57. The SMILES string of the molecule is COc1ccc2cc1OCCCC(=O)N(C)CCN(C)C1CCN(CC1)c1ncnc3c1C(C=N2)C(=O)N3.